The Morgan fingerprint density at radius 3 is 2.50 bits per heavy atom. The molecule has 0 fully saturated rings. The number of para-hydroxylation sites is 1. The lowest BCUT2D eigenvalue weighted by Crippen LogP contribution is -1.91. The summed E-state index contributed by atoms with van der Waals surface area (Å²) < 4.78 is 13.4. The molecule has 88 valence electrons. The fourth-order valence-electron chi connectivity index (χ4n) is 1.84. The predicted molar refractivity (Wildman–Crippen MR) is 72.3 cm³/mol. The number of hydrogen-bond donors (Lipinski definition) is 1. The van der Waals surface area contributed by atoms with Gasteiger partial charge in [0.05, 0.1) is 0 Å². The highest BCUT2D eigenvalue weighted by molar-refractivity contribution is 7.71. The van der Waals surface area contributed by atoms with E-state index >= 15 is 0 Å². The lowest BCUT2D eigenvalue weighted by atomic mass is 10.2. The van der Waals surface area contributed by atoms with Gasteiger partial charge >= 0.3 is 0 Å². The maximum atomic E-state index is 12.9. The van der Waals surface area contributed by atoms with E-state index in [1.807, 2.05) is 24.3 Å². The van der Waals surface area contributed by atoms with Gasteiger partial charge in [-0.25, -0.2) is 9.37 Å². The van der Waals surface area contributed by atoms with Crippen LogP contribution in [0.25, 0.3) is 22.3 Å². The van der Waals surface area contributed by atoms with Crippen LogP contribution in [0.5, 0.6) is 0 Å². The molecule has 4 heteroatoms. The van der Waals surface area contributed by atoms with Gasteiger partial charge in [0.1, 0.15) is 16.3 Å². The number of fused-ring (bicyclic) bond motifs is 1. The van der Waals surface area contributed by atoms with Crippen molar-refractivity contribution >= 4 is 23.1 Å². The molecule has 2 nitrogen and oxygen atoms in total. The molecule has 0 saturated carbocycles. The quantitative estimate of drug-likeness (QED) is 0.664. The molecule has 0 amide bonds. The Labute approximate surface area is 108 Å². The lowest BCUT2D eigenvalue weighted by molar-refractivity contribution is 0.628. The molecule has 0 atom stereocenters. The Morgan fingerprint density at radius 2 is 1.72 bits per heavy atom. The summed E-state index contributed by atoms with van der Waals surface area (Å²) in [6.45, 7) is 0. The smallest absolute Gasteiger partial charge is 0.139 e. The Kier molecular flexibility index (Phi) is 2.64. The van der Waals surface area contributed by atoms with Crippen LogP contribution in [-0.2, 0) is 0 Å². The standard InChI is InChI=1S/C14H9FN2S/c15-10-7-5-9(6-8-10)13-16-12-4-2-1-3-11(12)14(18)17-13/h1-8H,(H,16,17,18). The lowest BCUT2D eigenvalue weighted by Gasteiger charge is -2.04. The highest BCUT2D eigenvalue weighted by Crippen LogP contribution is 2.19. The van der Waals surface area contributed by atoms with E-state index in [1.165, 1.54) is 12.1 Å². The number of aromatic amines is 1. The third-order valence-corrected chi connectivity index (χ3v) is 3.05. The van der Waals surface area contributed by atoms with Crippen molar-refractivity contribution in [3.05, 3.63) is 59.0 Å². The van der Waals surface area contributed by atoms with E-state index in [4.69, 9.17) is 12.2 Å². The van der Waals surface area contributed by atoms with Gasteiger partial charge in [-0.15, -0.1) is 0 Å². The molecular weight excluding hydrogens is 247 g/mol. The molecule has 1 N–H and O–H groups in total. The van der Waals surface area contributed by atoms with Crippen molar-refractivity contribution in [1.29, 1.82) is 0 Å². The third kappa shape index (κ3) is 1.91. The summed E-state index contributed by atoms with van der Waals surface area (Å²) in [5, 5.41) is 0.915. The largest absolute Gasteiger partial charge is 0.339 e. The number of H-pyrrole nitrogens is 1. The minimum absolute atomic E-state index is 0.266. The van der Waals surface area contributed by atoms with Crippen molar-refractivity contribution < 1.29 is 4.39 Å². The number of aromatic nitrogens is 2. The summed E-state index contributed by atoms with van der Waals surface area (Å²) in [7, 11) is 0. The maximum absolute atomic E-state index is 12.9. The molecule has 0 aliphatic rings. The van der Waals surface area contributed by atoms with Gasteiger partial charge in [-0.3, -0.25) is 0 Å². The zero-order valence-electron chi connectivity index (χ0n) is 9.35. The Hall–Kier alpha value is -2.07. The number of nitrogens with one attached hydrogen (secondary N) is 1. The summed E-state index contributed by atoms with van der Waals surface area (Å²) in [5.74, 6) is 0.386. The molecule has 1 aromatic heterocycles. The number of benzene rings is 2. The van der Waals surface area contributed by atoms with E-state index in [0.717, 1.165) is 16.5 Å². The van der Waals surface area contributed by atoms with Gasteiger partial charge in [-0.2, -0.15) is 0 Å². The first-order chi connectivity index (χ1) is 8.74. The second kappa shape index (κ2) is 4.31. The molecular formula is C14H9FN2S. The van der Waals surface area contributed by atoms with Gasteiger partial charge in [0, 0.05) is 16.5 Å². The summed E-state index contributed by atoms with van der Waals surface area (Å²) in [6.07, 6.45) is 0. The predicted octanol–water partition coefficient (Wildman–Crippen LogP) is 4.10. The van der Waals surface area contributed by atoms with E-state index in [9.17, 15) is 4.39 Å². The molecule has 2 aromatic carbocycles. The average molecular weight is 256 g/mol. The van der Waals surface area contributed by atoms with Crippen LogP contribution in [0, 0.1) is 10.5 Å². The van der Waals surface area contributed by atoms with Crippen molar-refractivity contribution in [3.8, 4) is 11.4 Å². The Balaban J connectivity index is 2.24. The summed E-state index contributed by atoms with van der Waals surface area (Å²) in [6, 6.07) is 13.9. The van der Waals surface area contributed by atoms with Crippen molar-refractivity contribution in [3.63, 3.8) is 0 Å². The van der Waals surface area contributed by atoms with Crippen LogP contribution in [0.3, 0.4) is 0 Å². The van der Waals surface area contributed by atoms with Crippen LogP contribution in [0.15, 0.2) is 48.5 Å². The van der Waals surface area contributed by atoms with E-state index in [-0.39, 0.29) is 5.82 Å². The zero-order chi connectivity index (χ0) is 12.5. The minimum atomic E-state index is -0.266. The fourth-order valence-corrected chi connectivity index (χ4v) is 2.11. The first-order valence-corrected chi connectivity index (χ1v) is 5.90. The van der Waals surface area contributed by atoms with Gasteiger partial charge in [-0.05, 0) is 36.4 Å². The normalized spacial score (nSPS) is 10.7. The van der Waals surface area contributed by atoms with E-state index < -0.39 is 0 Å². The van der Waals surface area contributed by atoms with Crippen LogP contribution in [0.1, 0.15) is 0 Å². The third-order valence-electron chi connectivity index (χ3n) is 2.74. The summed E-state index contributed by atoms with van der Waals surface area (Å²) in [5.41, 5.74) is 1.74. The Bertz CT molecular complexity index is 763. The van der Waals surface area contributed by atoms with Crippen LogP contribution in [0.2, 0.25) is 0 Å². The van der Waals surface area contributed by atoms with Gasteiger partial charge in [0.25, 0.3) is 0 Å². The van der Waals surface area contributed by atoms with Gasteiger partial charge in [0.15, 0.2) is 0 Å². The minimum Gasteiger partial charge on any atom is -0.339 e. The monoisotopic (exact) mass is 256 g/mol. The second-order valence-electron chi connectivity index (χ2n) is 3.94. The molecule has 1 heterocycles. The zero-order valence-corrected chi connectivity index (χ0v) is 10.2. The molecule has 0 aliphatic heterocycles. The molecule has 3 rings (SSSR count). The topological polar surface area (TPSA) is 28.7 Å². The van der Waals surface area contributed by atoms with Crippen molar-refractivity contribution in [2.75, 3.05) is 0 Å². The summed E-state index contributed by atoms with van der Waals surface area (Å²) in [4.78, 5) is 7.54. The van der Waals surface area contributed by atoms with Crippen LogP contribution >= 0.6 is 12.2 Å². The van der Waals surface area contributed by atoms with Crippen molar-refractivity contribution in [1.82, 2.24) is 9.97 Å². The van der Waals surface area contributed by atoms with Crippen molar-refractivity contribution in [2.45, 2.75) is 0 Å². The van der Waals surface area contributed by atoms with Gasteiger partial charge in [0.2, 0.25) is 0 Å². The molecule has 0 radical (unpaired) electrons. The highest BCUT2D eigenvalue weighted by Gasteiger charge is 2.03. The highest BCUT2D eigenvalue weighted by atomic mass is 32.1. The fraction of sp³-hybridized carbons (Fsp3) is 0. The molecule has 18 heavy (non-hydrogen) atoms. The second-order valence-corrected chi connectivity index (χ2v) is 4.33. The molecule has 0 aliphatic carbocycles. The first-order valence-electron chi connectivity index (χ1n) is 5.49. The van der Waals surface area contributed by atoms with Crippen LogP contribution in [0.4, 0.5) is 4.39 Å². The number of rotatable bonds is 1. The molecule has 0 spiro atoms. The van der Waals surface area contributed by atoms with Crippen molar-refractivity contribution in [2.24, 2.45) is 0 Å². The number of hydrogen-bond acceptors (Lipinski definition) is 2. The molecule has 0 bridgehead atoms. The van der Waals surface area contributed by atoms with E-state index in [1.54, 1.807) is 12.1 Å². The Morgan fingerprint density at radius 1 is 1.00 bits per heavy atom. The maximum Gasteiger partial charge on any atom is 0.139 e. The van der Waals surface area contributed by atoms with Crippen LogP contribution < -0.4 is 0 Å². The number of halogens is 1. The molecule has 0 unspecified atom stereocenters. The van der Waals surface area contributed by atoms with Gasteiger partial charge in [-0.1, -0.05) is 24.4 Å². The van der Waals surface area contributed by atoms with E-state index in [2.05, 4.69) is 9.97 Å². The van der Waals surface area contributed by atoms with Crippen LogP contribution in [-0.4, -0.2) is 9.97 Å². The first kappa shape index (κ1) is 11.0. The average Bonchev–Trinajstić information content (AvgIpc) is 2.39. The molecule has 3 aromatic rings. The van der Waals surface area contributed by atoms with Gasteiger partial charge < -0.3 is 4.98 Å². The van der Waals surface area contributed by atoms with E-state index in [0.29, 0.717) is 10.5 Å². The number of nitrogens with zero attached hydrogens (tertiary/aromatic N) is 1. The molecule has 0 saturated heterocycles. The SMILES string of the molecule is Fc1ccc(-c2nc(=S)c3ccccc3[nH]2)cc1. The summed E-state index contributed by atoms with van der Waals surface area (Å²) >= 11 is 5.26.